The number of hydrogen-bond acceptors (Lipinski definition) is 4. The van der Waals surface area contributed by atoms with Gasteiger partial charge in [0.25, 0.3) is 0 Å². The van der Waals surface area contributed by atoms with E-state index in [9.17, 15) is 9.59 Å². The van der Waals surface area contributed by atoms with Crippen LogP contribution in [-0.2, 0) is 9.59 Å². The molecule has 0 bridgehead atoms. The molecular formula is C12H17N3O2S. The Labute approximate surface area is 110 Å². The third-order valence-electron chi connectivity index (χ3n) is 2.98. The monoisotopic (exact) mass is 267 g/mol. The third-order valence-corrected chi connectivity index (χ3v) is 3.85. The van der Waals surface area contributed by atoms with E-state index in [2.05, 4.69) is 17.2 Å². The highest BCUT2D eigenvalue weighted by Gasteiger charge is 2.26. The van der Waals surface area contributed by atoms with Crippen LogP contribution in [0, 0.1) is 12.8 Å². The molecule has 1 aliphatic heterocycles. The fourth-order valence-corrected chi connectivity index (χ4v) is 2.76. The van der Waals surface area contributed by atoms with Gasteiger partial charge in [0.05, 0.1) is 5.69 Å². The topological polar surface area (TPSA) is 62.3 Å². The van der Waals surface area contributed by atoms with Crippen molar-refractivity contribution >= 4 is 28.3 Å². The summed E-state index contributed by atoms with van der Waals surface area (Å²) in [6.07, 6.45) is 2.09. The molecule has 1 N–H and O–H groups in total. The van der Waals surface area contributed by atoms with E-state index in [4.69, 9.17) is 0 Å². The summed E-state index contributed by atoms with van der Waals surface area (Å²) < 4.78 is 0. The van der Waals surface area contributed by atoms with Gasteiger partial charge in [0.1, 0.15) is 0 Å². The summed E-state index contributed by atoms with van der Waals surface area (Å²) in [4.78, 5) is 29.5. The number of amides is 2. The van der Waals surface area contributed by atoms with Crippen LogP contribution in [0.15, 0.2) is 5.38 Å². The number of nitrogens with one attached hydrogen (secondary N) is 1. The Morgan fingerprint density at radius 3 is 2.94 bits per heavy atom. The highest BCUT2D eigenvalue weighted by atomic mass is 32.1. The van der Waals surface area contributed by atoms with Gasteiger partial charge in [-0.3, -0.25) is 14.9 Å². The molecule has 1 unspecified atom stereocenters. The van der Waals surface area contributed by atoms with E-state index < -0.39 is 11.8 Å². The van der Waals surface area contributed by atoms with E-state index in [-0.39, 0.29) is 0 Å². The maximum atomic E-state index is 11.9. The summed E-state index contributed by atoms with van der Waals surface area (Å²) in [5, 5.41) is 4.87. The third kappa shape index (κ3) is 3.07. The molecule has 0 spiro atoms. The summed E-state index contributed by atoms with van der Waals surface area (Å²) in [5.74, 6) is -0.564. The van der Waals surface area contributed by atoms with Gasteiger partial charge in [-0.05, 0) is 25.7 Å². The molecule has 0 aliphatic carbocycles. The van der Waals surface area contributed by atoms with Gasteiger partial charge >= 0.3 is 11.8 Å². The molecule has 5 nitrogen and oxygen atoms in total. The number of carbonyl (C=O) groups is 2. The SMILES string of the molecule is Cc1csc(NC(=O)C(=O)N2CCCC(C)C2)n1. The molecule has 2 amide bonds. The van der Waals surface area contributed by atoms with E-state index in [1.807, 2.05) is 12.3 Å². The number of carbonyl (C=O) groups excluding carboxylic acids is 2. The molecule has 1 atom stereocenters. The van der Waals surface area contributed by atoms with Crippen molar-refractivity contribution in [3.8, 4) is 0 Å². The van der Waals surface area contributed by atoms with E-state index in [0.717, 1.165) is 18.5 Å². The van der Waals surface area contributed by atoms with Crippen molar-refractivity contribution in [1.29, 1.82) is 0 Å². The Balaban J connectivity index is 1.94. The molecule has 2 heterocycles. The van der Waals surface area contributed by atoms with Gasteiger partial charge in [-0.2, -0.15) is 0 Å². The minimum atomic E-state index is -0.585. The van der Waals surface area contributed by atoms with Crippen LogP contribution in [0.5, 0.6) is 0 Å². The van der Waals surface area contributed by atoms with E-state index in [1.165, 1.54) is 11.3 Å². The fraction of sp³-hybridized carbons (Fsp3) is 0.583. The summed E-state index contributed by atoms with van der Waals surface area (Å²) in [6.45, 7) is 5.29. The number of nitrogens with zero attached hydrogens (tertiary/aromatic N) is 2. The van der Waals surface area contributed by atoms with Crippen molar-refractivity contribution < 1.29 is 9.59 Å². The van der Waals surface area contributed by atoms with E-state index >= 15 is 0 Å². The average molecular weight is 267 g/mol. The first-order valence-corrected chi connectivity index (χ1v) is 6.96. The lowest BCUT2D eigenvalue weighted by Crippen LogP contribution is -2.44. The van der Waals surface area contributed by atoms with Crippen LogP contribution in [0.4, 0.5) is 5.13 Å². The second-order valence-electron chi connectivity index (χ2n) is 4.75. The highest BCUT2D eigenvalue weighted by molar-refractivity contribution is 7.14. The van der Waals surface area contributed by atoms with Gasteiger partial charge in [0.15, 0.2) is 5.13 Å². The van der Waals surface area contributed by atoms with Gasteiger partial charge < -0.3 is 4.90 Å². The lowest BCUT2D eigenvalue weighted by atomic mass is 10.0. The zero-order valence-electron chi connectivity index (χ0n) is 10.6. The maximum Gasteiger partial charge on any atom is 0.315 e. The Morgan fingerprint density at radius 1 is 1.56 bits per heavy atom. The minimum absolute atomic E-state index is 0.450. The van der Waals surface area contributed by atoms with Crippen LogP contribution in [0.3, 0.4) is 0 Å². The first kappa shape index (κ1) is 13.0. The number of piperidine rings is 1. The van der Waals surface area contributed by atoms with Crippen LogP contribution >= 0.6 is 11.3 Å². The summed E-state index contributed by atoms with van der Waals surface area (Å²) in [5.41, 5.74) is 0.842. The Hall–Kier alpha value is -1.43. The number of hydrogen-bond donors (Lipinski definition) is 1. The van der Waals surface area contributed by atoms with Crippen LogP contribution in [-0.4, -0.2) is 34.8 Å². The molecule has 18 heavy (non-hydrogen) atoms. The standard InChI is InChI=1S/C12H17N3O2S/c1-8-4-3-5-15(6-8)11(17)10(16)14-12-13-9(2)7-18-12/h7-8H,3-6H2,1-2H3,(H,13,14,16). The summed E-state index contributed by atoms with van der Waals surface area (Å²) in [6, 6.07) is 0. The molecule has 0 aromatic carbocycles. The fourth-order valence-electron chi connectivity index (χ4n) is 2.08. The lowest BCUT2D eigenvalue weighted by Gasteiger charge is -2.30. The molecule has 6 heteroatoms. The van der Waals surface area contributed by atoms with Gasteiger partial charge in [0, 0.05) is 18.5 Å². The van der Waals surface area contributed by atoms with Crippen LogP contribution in [0.1, 0.15) is 25.5 Å². The van der Waals surface area contributed by atoms with Crippen molar-refractivity contribution in [2.24, 2.45) is 5.92 Å². The van der Waals surface area contributed by atoms with Gasteiger partial charge in [0.2, 0.25) is 0 Å². The molecule has 98 valence electrons. The predicted molar refractivity (Wildman–Crippen MR) is 70.5 cm³/mol. The number of thiazole rings is 1. The summed E-state index contributed by atoms with van der Waals surface area (Å²) in [7, 11) is 0. The van der Waals surface area contributed by atoms with Crippen molar-refractivity contribution in [2.45, 2.75) is 26.7 Å². The second kappa shape index (κ2) is 5.48. The maximum absolute atomic E-state index is 11.9. The minimum Gasteiger partial charge on any atom is -0.334 e. The molecule has 2 rings (SSSR count). The Kier molecular flexibility index (Phi) is 3.96. The predicted octanol–water partition coefficient (Wildman–Crippen LogP) is 1.65. The van der Waals surface area contributed by atoms with Gasteiger partial charge in [-0.15, -0.1) is 11.3 Å². The van der Waals surface area contributed by atoms with Crippen molar-refractivity contribution in [1.82, 2.24) is 9.88 Å². The van der Waals surface area contributed by atoms with Crippen molar-refractivity contribution in [2.75, 3.05) is 18.4 Å². The molecular weight excluding hydrogens is 250 g/mol. The smallest absolute Gasteiger partial charge is 0.315 e. The lowest BCUT2D eigenvalue weighted by molar-refractivity contribution is -0.144. The molecule has 1 aromatic heterocycles. The molecule has 1 fully saturated rings. The quantitative estimate of drug-likeness (QED) is 0.787. The van der Waals surface area contributed by atoms with Crippen LogP contribution in [0.2, 0.25) is 0 Å². The Morgan fingerprint density at radius 2 is 2.33 bits per heavy atom. The highest BCUT2D eigenvalue weighted by Crippen LogP contribution is 2.17. The van der Waals surface area contributed by atoms with E-state index in [1.54, 1.807) is 4.90 Å². The molecule has 1 aliphatic rings. The van der Waals surface area contributed by atoms with Crippen molar-refractivity contribution in [3.63, 3.8) is 0 Å². The average Bonchev–Trinajstić information content (AvgIpc) is 2.73. The first-order valence-electron chi connectivity index (χ1n) is 6.08. The molecule has 0 saturated carbocycles. The van der Waals surface area contributed by atoms with Gasteiger partial charge in [-0.1, -0.05) is 6.92 Å². The van der Waals surface area contributed by atoms with Gasteiger partial charge in [-0.25, -0.2) is 4.98 Å². The number of aromatic nitrogens is 1. The normalized spacial score (nSPS) is 19.7. The first-order chi connectivity index (χ1) is 8.56. The summed E-state index contributed by atoms with van der Waals surface area (Å²) >= 11 is 1.33. The molecule has 1 saturated heterocycles. The zero-order valence-corrected chi connectivity index (χ0v) is 11.4. The van der Waals surface area contributed by atoms with Crippen molar-refractivity contribution in [3.05, 3.63) is 11.1 Å². The van der Waals surface area contributed by atoms with Crippen LogP contribution < -0.4 is 5.32 Å². The molecule has 0 radical (unpaired) electrons. The zero-order chi connectivity index (χ0) is 13.1. The Bertz CT molecular complexity index is 458. The number of rotatable bonds is 1. The number of anilines is 1. The molecule has 1 aromatic rings. The number of aryl methyl sites for hydroxylation is 1. The largest absolute Gasteiger partial charge is 0.334 e. The van der Waals surface area contributed by atoms with E-state index in [0.29, 0.717) is 24.1 Å². The van der Waals surface area contributed by atoms with Crippen LogP contribution in [0.25, 0.3) is 0 Å². The number of likely N-dealkylation sites (tertiary alicyclic amines) is 1. The second-order valence-corrected chi connectivity index (χ2v) is 5.60.